The summed E-state index contributed by atoms with van der Waals surface area (Å²) in [6.07, 6.45) is 6.37. The lowest BCUT2D eigenvalue weighted by Gasteiger charge is -2.34. The highest BCUT2D eigenvalue weighted by molar-refractivity contribution is 7.99. The van der Waals surface area contributed by atoms with E-state index >= 15 is 0 Å². The van der Waals surface area contributed by atoms with Crippen LogP contribution in [0.5, 0.6) is 5.75 Å². The molecule has 13 nitrogen and oxygen atoms in total. The molecule has 0 radical (unpaired) electrons. The van der Waals surface area contributed by atoms with Gasteiger partial charge in [0.1, 0.15) is 17.1 Å². The molecule has 3 aromatic rings. The van der Waals surface area contributed by atoms with Crippen LogP contribution in [-0.2, 0) is 22.7 Å². The Morgan fingerprint density at radius 2 is 1.82 bits per heavy atom. The summed E-state index contributed by atoms with van der Waals surface area (Å²) in [5.74, 6) is -0.960. The number of piperidine rings is 1. The van der Waals surface area contributed by atoms with E-state index in [0.29, 0.717) is 41.8 Å². The number of aliphatic carboxylic acids is 2. The number of thioether (sulfide) groups is 1. The van der Waals surface area contributed by atoms with Gasteiger partial charge < -0.3 is 25.2 Å². The Hall–Kier alpha value is -4.01. The Morgan fingerprint density at radius 3 is 2.55 bits per heavy atom. The molecular formula is C26H28N6O7S. The first-order valence-electron chi connectivity index (χ1n) is 12.7. The molecule has 210 valence electrons. The van der Waals surface area contributed by atoms with Gasteiger partial charge in [-0.2, -0.15) is 0 Å². The first-order chi connectivity index (χ1) is 19.3. The molecule has 0 unspecified atom stereocenters. The minimum Gasteiger partial charge on any atom is -0.480 e. The summed E-state index contributed by atoms with van der Waals surface area (Å²) in [5.41, 5.74) is 2.17. The number of carboxylic acid groups (broad SMARTS) is 2. The quantitative estimate of drug-likeness (QED) is 0.345. The van der Waals surface area contributed by atoms with Crippen LogP contribution in [-0.4, -0.2) is 77.8 Å². The normalized spacial score (nSPS) is 18.4. The Balaban J connectivity index is 0.000000355. The summed E-state index contributed by atoms with van der Waals surface area (Å²) in [4.78, 5) is 56.3. The molecule has 3 aliphatic heterocycles. The average molecular weight is 569 g/mol. The fourth-order valence-electron chi connectivity index (χ4n) is 5.11. The Bertz CT molecular complexity index is 1560. The van der Waals surface area contributed by atoms with Crippen LogP contribution in [0.1, 0.15) is 24.6 Å². The zero-order chi connectivity index (χ0) is 28.2. The molecule has 1 saturated heterocycles. The molecule has 0 amide bonds. The fraction of sp³-hybridized carbons (Fsp3) is 0.385. The number of carboxylic acids is 2. The van der Waals surface area contributed by atoms with Gasteiger partial charge in [0.15, 0.2) is 5.75 Å². The topological polar surface area (TPSA) is 169 Å². The summed E-state index contributed by atoms with van der Waals surface area (Å²) in [5, 5.41) is 19.3. The Labute approximate surface area is 232 Å². The molecule has 6 heterocycles. The molecule has 3 aliphatic rings. The molecule has 0 bridgehead atoms. The van der Waals surface area contributed by atoms with Crippen LogP contribution in [0.2, 0.25) is 0 Å². The second kappa shape index (κ2) is 12.0. The minimum atomic E-state index is -1.26. The number of rotatable bonds is 7. The maximum Gasteiger partial charge on any atom is 0.328 e. The summed E-state index contributed by atoms with van der Waals surface area (Å²) in [6, 6.07) is 5.77. The van der Waals surface area contributed by atoms with E-state index in [2.05, 4.69) is 26.3 Å². The number of fused-ring (bicyclic) bond motifs is 1. The monoisotopic (exact) mass is 568 g/mol. The first kappa shape index (κ1) is 27.6. The van der Waals surface area contributed by atoms with Crippen molar-refractivity contribution in [1.82, 2.24) is 29.3 Å². The molecule has 14 heteroatoms. The van der Waals surface area contributed by atoms with Crippen molar-refractivity contribution in [3.63, 3.8) is 0 Å². The van der Waals surface area contributed by atoms with E-state index in [0.717, 1.165) is 50.5 Å². The van der Waals surface area contributed by atoms with E-state index in [1.54, 1.807) is 33.0 Å². The van der Waals surface area contributed by atoms with Crippen molar-refractivity contribution < 1.29 is 24.5 Å². The molecule has 1 fully saturated rings. The average Bonchev–Trinajstić information content (AvgIpc) is 3.57. The van der Waals surface area contributed by atoms with Crippen molar-refractivity contribution in [3.8, 4) is 5.75 Å². The van der Waals surface area contributed by atoms with Gasteiger partial charge in [-0.15, -0.1) is 0 Å². The lowest BCUT2D eigenvalue weighted by atomic mass is 10.0. The number of nitrogens with zero attached hydrogens (tertiary/aromatic N) is 5. The largest absolute Gasteiger partial charge is 0.480 e. The van der Waals surface area contributed by atoms with Crippen LogP contribution in [0.15, 0.2) is 57.2 Å². The predicted molar refractivity (Wildman–Crippen MR) is 146 cm³/mol. The number of aromatic nitrogens is 4. The van der Waals surface area contributed by atoms with Gasteiger partial charge in [0.05, 0.1) is 29.0 Å². The molecule has 0 spiro atoms. The van der Waals surface area contributed by atoms with Crippen LogP contribution in [0.3, 0.4) is 0 Å². The number of ether oxygens (including phenoxy) is 1. The summed E-state index contributed by atoms with van der Waals surface area (Å²) in [7, 11) is 0. The Morgan fingerprint density at radius 1 is 1.07 bits per heavy atom. The predicted octanol–water partition coefficient (Wildman–Crippen LogP) is 0.916. The number of hydrogen-bond donors (Lipinski definition) is 3. The third-order valence-electron chi connectivity index (χ3n) is 6.99. The zero-order valence-electron chi connectivity index (χ0n) is 21.4. The lowest BCUT2D eigenvalue weighted by Crippen LogP contribution is -2.44. The van der Waals surface area contributed by atoms with Gasteiger partial charge in [-0.1, -0.05) is 11.8 Å². The van der Waals surface area contributed by atoms with Crippen molar-refractivity contribution in [3.05, 3.63) is 69.1 Å². The SMILES string of the molecule is O=C(O)C=CC(=O)O.O=c1cnc2ccc(=O)n3c2n1C[C@H]3CN1CCC(NCc2cc3c(cn2)OCS3)CC1. The second-order valence-corrected chi connectivity index (χ2v) is 10.6. The zero-order valence-corrected chi connectivity index (χ0v) is 22.2. The van der Waals surface area contributed by atoms with E-state index in [4.69, 9.17) is 14.9 Å². The number of nitrogens with one attached hydrogen (secondary N) is 1. The van der Waals surface area contributed by atoms with Crippen LogP contribution >= 0.6 is 11.8 Å². The van der Waals surface area contributed by atoms with Crippen LogP contribution in [0.4, 0.5) is 0 Å². The van der Waals surface area contributed by atoms with Crippen LogP contribution < -0.4 is 21.2 Å². The van der Waals surface area contributed by atoms with E-state index in [9.17, 15) is 19.2 Å². The van der Waals surface area contributed by atoms with Gasteiger partial charge >= 0.3 is 11.9 Å². The third-order valence-corrected chi connectivity index (χ3v) is 7.85. The van der Waals surface area contributed by atoms with Gasteiger partial charge in [-0.3, -0.25) is 23.7 Å². The van der Waals surface area contributed by atoms with Gasteiger partial charge in [0.2, 0.25) is 0 Å². The van der Waals surface area contributed by atoms with Crippen LogP contribution in [0.25, 0.3) is 11.2 Å². The van der Waals surface area contributed by atoms with Crippen molar-refractivity contribution in [1.29, 1.82) is 0 Å². The van der Waals surface area contributed by atoms with Gasteiger partial charge in [-0.05, 0) is 38.1 Å². The molecule has 0 aliphatic carbocycles. The van der Waals surface area contributed by atoms with Crippen LogP contribution in [0, 0.1) is 0 Å². The van der Waals surface area contributed by atoms with Crippen molar-refractivity contribution in [2.24, 2.45) is 0 Å². The van der Waals surface area contributed by atoms with Crippen molar-refractivity contribution in [2.45, 2.75) is 42.9 Å². The smallest absolute Gasteiger partial charge is 0.328 e. The highest BCUT2D eigenvalue weighted by Gasteiger charge is 2.29. The molecule has 0 aromatic carbocycles. The highest BCUT2D eigenvalue weighted by atomic mass is 32.2. The summed E-state index contributed by atoms with van der Waals surface area (Å²) < 4.78 is 8.95. The van der Waals surface area contributed by atoms with Gasteiger partial charge in [-0.25, -0.2) is 14.6 Å². The number of likely N-dealkylation sites (tertiary alicyclic amines) is 1. The molecule has 6 rings (SSSR count). The molecule has 1 atom stereocenters. The standard InChI is InChI=1S/C22H24N6O3S.C4H4O4/c29-20-2-1-17-22-27(21(30)10-25-17)12-16(28(20)22)11-26-5-3-14(4-6-26)23-8-15-7-19-18(9-24-15)31-13-32-19;5-3(6)1-2-4(7)8/h1-2,7,9-10,14,16,23H,3-6,8,11-13H2;1-2H,(H,5,6)(H,7,8)/t16-;/m1./s1. The second-order valence-electron chi connectivity index (χ2n) is 9.61. The Kier molecular flexibility index (Phi) is 8.28. The van der Waals surface area contributed by atoms with E-state index < -0.39 is 11.9 Å². The van der Waals surface area contributed by atoms with Crippen molar-refractivity contribution in [2.75, 3.05) is 25.6 Å². The maximum absolute atomic E-state index is 12.6. The molecule has 40 heavy (non-hydrogen) atoms. The van der Waals surface area contributed by atoms with E-state index in [1.165, 1.54) is 11.1 Å². The summed E-state index contributed by atoms with van der Waals surface area (Å²) >= 11 is 1.71. The molecule has 3 N–H and O–H groups in total. The molecule has 3 aromatic heterocycles. The maximum atomic E-state index is 12.6. The minimum absolute atomic E-state index is 0.0389. The highest BCUT2D eigenvalue weighted by Crippen LogP contribution is 2.35. The fourth-order valence-corrected chi connectivity index (χ4v) is 5.90. The number of hydrogen-bond acceptors (Lipinski definition) is 10. The molecular weight excluding hydrogens is 540 g/mol. The summed E-state index contributed by atoms with van der Waals surface area (Å²) in [6.45, 7) is 3.97. The van der Waals surface area contributed by atoms with E-state index in [1.807, 2.05) is 6.20 Å². The number of carbonyl (C=O) groups is 2. The third kappa shape index (κ3) is 6.24. The van der Waals surface area contributed by atoms with Gasteiger partial charge in [0.25, 0.3) is 11.1 Å². The first-order valence-corrected chi connectivity index (χ1v) is 13.7. The van der Waals surface area contributed by atoms with Crippen molar-refractivity contribution >= 4 is 34.9 Å². The van der Waals surface area contributed by atoms with Gasteiger partial charge in [0, 0.05) is 43.9 Å². The molecule has 0 saturated carbocycles. The number of pyridine rings is 2. The van der Waals surface area contributed by atoms with E-state index in [-0.39, 0.29) is 17.2 Å². The lowest BCUT2D eigenvalue weighted by molar-refractivity contribution is -0.134.